The maximum Gasteiger partial charge on any atom is 0.194 e. The summed E-state index contributed by atoms with van der Waals surface area (Å²) in [6, 6.07) is 2.71. The molecule has 0 amide bonds. The lowest BCUT2D eigenvalue weighted by Gasteiger charge is -2.39. The zero-order valence-corrected chi connectivity index (χ0v) is 15.1. The second-order valence-corrected chi connectivity index (χ2v) is 8.16. The Kier molecular flexibility index (Phi) is 6.08. The van der Waals surface area contributed by atoms with Crippen molar-refractivity contribution in [2.75, 3.05) is 0 Å². The molecule has 0 bridgehead atoms. The summed E-state index contributed by atoms with van der Waals surface area (Å²) >= 11 is 0. The SMILES string of the molecule is CCC(N)C1CCC(C2CCC(c3cc(F)c(F)c(F)c3)CC2)CC1. The molecule has 2 N–H and O–H groups in total. The van der Waals surface area contributed by atoms with Crippen molar-refractivity contribution in [3.8, 4) is 0 Å². The second kappa shape index (κ2) is 8.11. The Hall–Kier alpha value is -1.03. The summed E-state index contributed by atoms with van der Waals surface area (Å²) in [6.45, 7) is 2.17. The molecule has 140 valence electrons. The van der Waals surface area contributed by atoms with Gasteiger partial charge in [-0.1, -0.05) is 6.92 Å². The van der Waals surface area contributed by atoms with Crippen LogP contribution in [0.3, 0.4) is 0 Å². The summed E-state index contributed by atoms with van der Waals surface area (Å²) in [5.74, 6) is -1.15. The van der Waals surface area contributed by atoms with Gasteiger partial charge in [0.2, 0.25) is 0 Å². The first-order valence-corrected chi connectivity index (χ1v) is 9.89. The van der Waals surface area contributed by atoms with Crippen LogP contribution in [-0.4, -0.2) is 6.04 Å². The third kappa shape index (κ3) is 4.21. The van der Waals surface area contributed by atoms with Crippen molar-refractivity contribution in [1.29, 1.82) is 0 Å². The second-order valence-electron chi connectivity index (χ2n) is 8.16. The van der Waals surface area contributed by atoms with Crippen LogP contribution in [0.5, 0.6) is 0 Å². The van der Waals surface area contributed by atoms with E-state index in [1.807, 2.05) is 0 Å². The van der Waals surface area contributed by atoms with E-state index in [1.165, 1.54) is 37.8 Å². The fourth-order valence-corrected chi connectivity index (χ4v) is 5.11. The van der Waals surface area contributed by atoms with E-state index in [2.05, 4.69) is 6.92 Å². The Bertz CT molecular complexity index is 549. The summed E-state index contributed by atoms with van der Waals surface area (Å²) in [7, 11) is 0. The molecule has 0 saturated heterocycles. The van der Waals surface area contributed by atoms with Crippen molar-refractivity contribution in [3.05, 3.63) is 35.1 Å². The highest BCUT2D eigenvalue weighted by molar-refractivity contribution is 5.23. The lowest BCUT2D eigenvalue weighted by molar-refractivity contribution is 0.149. The van der Waals surface area contributed by atoms with Crippen molar-refractivity contribution in [2.45, 2.75) is 76.7 Å². The largest absolute Gasteiger partial charge is 0.327 e. The fraction of sp³-hybridized carbons (Fsp3) is 0.714. The standard InChI is InChI=1S/C21H30F3N/c1-2-20(25)16-9-7-14(8-10-16)13-3-5-15(6-4-13)17-11-18(22)21(24)19(23)12-17/h11-16,20H,2-10,25H2,1H3. The van der Waals surface area contributed by atoms with E-state index in [1.54, 1.807) is 0 Å². The first-order valence-electron chi connectivity index (χ1n) is 9.89. The molecular weight excluding hydrogens is 323 g/mol. The Morgan fingerprint density at radius 3 is 1.84 bits per heavy atom. The lowest BCUT2D eigenvalue weighted by Crippen LogP contribution is -2.34. The Balaban J connectivity index is 1.53. The minimum absolute atomic E-state index is 0.158. The molecule has 0 radical (unpaired) electrons. The number of hydrogen-bond donors (Lipinski definition) is 1. The van der Waals surface area contributed by atoms with Gasteiger partial charge < -0.3 is 5.73 Å². The zero-order chi connectivity index (χ0) is 18.0. The molecular formula is C21H30F3N. The van der Waals surface area contributed by atoms with Crippen LogP contribution >= 0.6 is 0 Å². The van der Waals surface area contributed by atoms with Crippen molar-refractivity contribution in [1.82, 2.24) is 0 Å². The van der Waals surface area contributed by atoms with Gasteiger partial charge in [-0.25, -0.2) is 13.2 Å². The van der Waals surface area contributed by atoms with Gasteiger partial charge in [-0.2, -0.15) is 0 Å². The predicted octanol–water partition coefficient (Wildman–Crippen LogP) is 5.92. The molecule has 0 heterocycles. The van der Waals surface area contributed by atoms with Gasteiger partial charge in [-0.05, 0) is 99.2 Å². The summed E-state index contributed by atoms with van der Waals surface area (Å²) in [6.07, 6.45) is 10.2. The van der Waals surface area contributed by atoms with Gasteiger partial charge in [-0.15, -0.1) is 0 Å². The quantitative estimate of drug-likeness (QED) is 0.668. The van der Waals surface area contributed by atoms with Crippen molar-refractivity contribution >= 4 is 0 Å². The third-order valence-electron chi connectivity index (χ3n) is 6.81. The molecule has 1 unspecified atom stereocenters. The minimum Gasteiger partial charge on any atom is -0.327 e. The summed E-state index contributed by atoms with van der Waals surface area (Å²) < 4.78 is 40.1. The van der Waals surface area contributed by atoms with E-state index in [9.17, 15) is 13.2 Å². The molecule has 0 aliphatic heterocycles. The molecule has 2 aliphatic rings. The average molecular weight is 353 g/mol. The van der Waals surface area contributed by atoms with Crippen molar-refractivity contribution in [2.24, 2.45) is 23.5 Å². The highest BCUT2D eigenvalue weighted by Gasteiger charge is 2.32. The minimum atomic E-state index is -1.36. The number of nitrogens with two attached hydrogens (primary N) is 1. The third-order valence-corrected chi connectivity index (χ3v) is 6.81. The molecule has 4 heteroatoms. The first-order chi connectivity index (χ1) is 12.0. The monoisotopic (exact) mass is 353 g/mol. The van der Waals surface area contributed by atoms with Crippen molar-refractivity contribution in [3.63, 3.8) is 0 Å². The molecule has 3 rings (SSSR count). The van der Waals surface area contributed by atoms with Gasteiger partial charge in [0.15, 0.2) is 17.5 Å². The highest BCUT2D eigenvalue weighted by Crippen LogP contribution is 2.44. The highest BCUT2D eigenvalue weighted by atomic mass is 19.2. The van der Waals surface area contributed by atoms with Gasteiger partial charge >= 0.3 is 0 Å². The molecule has 2 saturated carbocycles. The maximum atomic E-state index is 13.5. The van der Waals surface area contributed by atoms with Gasteiger partial charge in [0.1, 0.15) is 0 Å². The predicted molar refractivity (Wildman–Crippen MR) is 94.7 cm³/mol. The molecule has 2 aliphatic carbocycles. The number of rotatable bonds is 4. The first kappa shape index (κ1) is 18.8. The smallest absolute Gasteiger partial charge is 0.194 e. The number of benzene rings is 1. The molecule has 0 spiro atoms. The van der Waals surface area contributed by atoms with E-state index >= 15 is 0 Å². The molecule has 2 fully saturated rings. The van der Waals surface area contributed by atoms with Crippen LogP contribution in [0.4, 0.5) is 13.2 Å². The molecule has 1 aromatic rings. The Morgan fingerprint density at radius 1 is 0.880 bits per heavy atom. The van der Waals surface area contributed by atoms with E-state index in [4.69, 9.17) is 5.73 Å². The number of halogens is 3. The van der Waals surface area contributed by atoms with Crippen LogP contribution < -0.4 is 5.73 Å². The molecule has 1 nitrogen and oxygen atoms in total. The average Bonchev–Trinajstić information content (AvgIpc) is 2.65. The summed E-state index contributed by atoms with van der Waals surface area (Å²) in [4.78, 5) is 0. The van der Waals surface area contributed by atoms with Crippen molar-refractivity contribution < 1.29 is 13.2 Å². The van der Waals surface area contributed by atoms with E-state index in [0.29, 0.717) is 17.5 Å². The van der Waals surface area contributed by atoms with Crippen LogP contribution in [0.1, 0.15) is 76.2 Å². The molecule has 0 aromatic heterocycles. The molecule has 25 heavy (non-hydrogen) atoms. The Labute approximate surface area is 149 Å². The van der Waals surface area contributed by atoms with Crippen LogP contribution in [-0.2, 0) is 0 Å². The van der Waals surface area contributed by atoms with Crippen LogP contribution in [0, 0.1) is 35.2 Å². The zero-order valence-electron chi connectivity index (χ0n) is 15.1. The van der Waals surface area contributed by atoms with E-state index in [-0.39, 0.29) is 5.92 Å². The molecule has 1 atom stereocenters. The summed E-state index contributed by atoms with van der Waals surface area (Å²) in [5.41, 5.74) is 6.82. The van der Waals surface area contributed by atoms with Gasteiger partial charge in [0, 0.05) is 6.04 Å². The van der Waals surface area contributed by atoms with Crippen LogP contribution in [0.15, 0.2) is 12.1 Å². The maximum absolute atomic E-state index is 13.5. The normalized spacial score (nSPS) is 31.7. The van der Waals surface area contributed by atoms with E-state index < -0.39 is 17.5 Å². The summed E-state index contributed by atoms with van der Waals surface area (Å²) in [5, 5.41) is 0. The fourth-order valence-electron chi connectivity index (χ4n) is 5.11. The Morgan fingerprint density at radius 2 is 1.36 bits per heavy atom. The van der Waals surface area contributed by atoms with Gasteiger partial charge in [0.25, 0.3) is 0 Å². The lowest BCUT2D eigenvalue weighted by atomic mass is 9.67. The van der Waals surface area contributed by atoms with Gasteiger partial charge in [-0.3, -0.25) is 0 Å². The van der Waals surface area contributed by atoms with Crippen LogP contribution in [0.25, 0.3) is 0 Å². The topological polar surface area (TPSA) is 26.0 Å². The molecule has 1 aromatic carbocycles. The number of hydrogen-bond acceptors (Lipinski definition) is 1. The van der Waals surface area contributed by atoms with Gasteiger partial charge in [0.05, 0.1) is 0 Å². The van der Waals surface area contributed by atoms with E-state index in [0.717, 1.165) is 43.9 Å². The van der Waals surface area contributed by atoms with Crippen LogP contribution in [0.2, 0.25) is 0 Å².